The molecule has 25 heavy (non-hydrogen) atoms. The van der Waals surface area contributed by atoms with Gasteiger partial charge in [-0.15, -0.1) is 0 Å². The zero-order valence-corrected chi connectivity index (χ0v) is 15.6. The second-order valence-corrected chi connectivity index (χ2v) is 8.18. The maximum absolute atomic E-state index is 5.50. The van der Waals surface area contributed by atoms with E-state index < -0.39 is 0 Å². The molecule has 2 fully saturated rings. The van der Waals surface area contributed by atoms with Gasteiger partial charge in [0.15, 0.2) is 0 Å². The van der Waals surface area contributed by atoms with Crippen LogP contribution in [0.25, 0.3) is 0 Å². The number of nitrogens with zero attached hydrogens (tertiary/aromatic N) is 4. The van der Waals surface area contributed by atoms with Gasteiger partial charge in [-0.3, -0.25) is 4.90 Å². The normalized spacial score (nSPS) is 23.4. The van der Waals surface area contributed by atoms with Gasteiger partial charge in [0.05, 0.1) is 12.6 Å². The summed E-state index contributed by atoms with van der Waals surface area (Å²) in [5, 5.41) is 4.44. The standard InChI is InChI=1S/C19H26N4OS/c1-24-13-17-11-19(15-23(17)18-20-6-2-7-21-18)4-8-22(9-5-19)12-16-3-10-25-14-16/h2-3,6-7,10,14,17H,4-5,8-9,11-13,15H2,1H3/t17-/m1/s1. The molecule has 4 rings (SSSR count). The smallest absolute Gasteiger partial charge is 0.225 e. The summed E-state index contributed by atoms with van der Waals surface area (Å²) < 4.78 is 5.50. The molecular weight excluding hydrogens is 332 g/mol. The molecule has 2 aromatic rings. The van der Waals surface area contributed by atoms with Gasteiger partial charge >= 0.3 is 0 Å². The number of ether oxygens (including phenoxy) is 1. The van der Waals surface area contributed by atoms with Crippen LogP contribution >= 0.6 is 11.3 Å². The van der Waals surface area contributed by atoms with Crippen molar-refractivity contribution in [3.05, 3.63) is 40.8 Å². The first kappa shape index (κ1) is 16.9. The second-order valence-electron chi connectivity index (χ2n) is 7.40. The van der Waals surface area contributed by atoms with Crippen molar-refractivity contribution < 1.29 is 4.74 Å². The van der Waals surface area contributed by atoms with E-state index in [4.69, 9.17) is 4.74 Å². The molecule has 5 nitrogen and oxygen atoms in total. The average molecular weight is 359 g/mol. The van der Waals surface area contributed by atoms with E-state index >= 15 is 0 Å². The Bertz CT molecular complexity index is 655. The Labute approximate surface area is 153 Å². The van der Waals surface area contributed by atoms with Gasteiger partial charge in [0.1, 0.15) is 0 Å². The first-order valence-corrected chi connectivity index (χ1v) is 9.98. The predicted octanol–water partition coefficient (Wildman–Crippen LogP) is 3.05. The summed E-state index contributed by atoms with van der Waals surface area (Å²) in [5.74, 6) is 0.849. The molecule has 2 saturated heterocycles. The fourth-order valence-electron chi connectivity index (χ4n) is 4.37. The number of likely N-dealkylation sites (tertiary alicyclic amines) is 1. The van der Waals surface area contributed by atoms with Crippen molar-refractivity contribution in [1.29, 1.82) is 0 Å². The lowest BCUT2D eigenvalue weighted by Crippen LogP contribution is -2.41. The van der Waals surface area contributed by atoms with Crippen LogP contribution in [0.5, 0.6) is 0 Å². The number of hydrogen-bond donors (Lipinski definition) is 0. The lowest BCUT2D eigenvalue weighted by Gasteiger charge is -2.39. The Hall–Kier alpha value is -1.50. The molecule has 0 N–H and O–H groups in total. The monoisotopic (exact) mass is 358 g/mol. The molecule has 6 heteroatoms. The van der Waals surface area contributed by atoms with E-state index in [2.05, 4.69) is 36.6 Å². The van der Waals surface area contributed by atoms with Gasteiger partial charge in [-0.2, -0.15) is 11.3 Å². The number of piperidine rings is 1. The zero-order chi connectivity index (χ0) is 17.1. The lowest BCUT2D eigenvalue weighted by atomic mass is 9.76. The number of thiophene rings is 1. The van der Waals surface area contributed by atoms with Crippen molar-refractivity contribution in [2.75, 3.05) is 38.3 Å². The fourth-order valence-corrected chi connectivity index (χ4v) is 5.03. The van der Waals surface area contributed by atoms with Gasteiger partial charge in [0.2, 0.25) is 5.95 Å². The SMILES string of the molecule is COC[C@H]1CC2(CCN(Cc3ccsc3)CC2)CN1c1ncccn1. The first-order chi connectivity index (χ1) is 12.3. The Kier molecular flexibility index (Phi) is 5.01. The Morgan fingerprint density at radius 1 is 1.28 bits per heavy atom. The summed E-state index contributed by atoms with van der Waals surface area (Å²) in [6, 6.07) is 4.51. The minimum atomic E-state index is 0.382. The number of hydrogen-bond acceptors (Lipinski definition) is 6. The summed E-state index contributed by atoms with van der Waals surface area (Å²) in [4.78, 5) is 13.9. The summed E-state index contributed by atoms with van der Waals surface area (Å²) in [6.45, 7) is 5.25. The van der Waals surface area contributed by atoms with E-state index in [9.17, 15) is 0 Å². The summed E-state index contributed by atoms with van der Waals surface area (Å²) in [5.41, 5.74) is 1.83. The van der Waals surface area contributed by atoms with Crippen LogP contribution in [-0.2, 0) is 11.3 Å². The minimum Gasteiger partial charge on any atom is -0.383 e. The molecule has 4 heterocycles. The highest BCUT2D eigenvalue weighted by atomic mass is 32.1. The van der Waals surface area contributed by atoms with Crippen LogP contribution in [0, 0.1) is 5.41 Å². The van der Waals surface area contributed by atoms with E-state index in [1.807, 2.05) is 18.5 Å². The highest BCUT2D eigenvalue weighted by Gasteiger charge is 2.46. The van der Waals surface area contributed by atoms with Gasteiger partial charge < -0.3 is 9.64 Å². The van der Waals surface area contributed by atoms with E-state index in [0.717, 1.165) is 25.6 Å². The van der Waals surface area contributed by atoms with Gasteiger partial charge in [0.25, 0.3) is 0 Å². The molecule has 0 aliphatic carbocycles. The summed E-state index contributed by atoms with van der Waals surface area (Å²) in [7, 11) is 1.79. The quantitative estimate of drug-likeness (QED) is 0.822. The van der Waals surface area contributed by atoms with E-state index in [0.29, 0.717) is 11.5 Å². The van der Waals surface area contributed by atoms with Gasteiger partial charge in [-0.25, -0.2) is 9.97 Å². The van der Waals surface area contributed by atoms with E-state index in [1.165, 1.54) is 37.9 Å². The third-order valence-electron chi connectivity index (χ3n) is 5.69. The van der Waals surface area contributed by atoms with Gasteiger partial charge in [0, 0.05) is 32.6 Å². The van der Waals surface area contributed by atoms with Crippen LogP contribution in [0.3, 0.4) is 0 Å². The average Bonchev–Trinajstić information content (AvgIpc) is 3.27. The Morgan fingerprint density at radius 2 is 2.08 bits per heavy atom. The lowest BCUT2D eigenvalue weighted by molar-refractivity contribution is 0.106. The summed E-state index contributed by atoms with van der Waals surface area (Å²) in [6.07, 6.45) is 7.36. The van der Waals surface area contributed by atoms with Crippen LogP contribution in [0.2, 0.25) is 0 Å². The fraction of sp³-hybridized carbons (Fsp3) is 0.579. The largest absolute Gasteiger partial charge is 0.383 e. The van der Waals surface area contributed by atoms with Crippen LogP contribution in [0.15, 0.2) is 35.3 Å². The molecule has 2 aliphatic heterocycles. The molecule has 2 aliphatic rings. The molecule has 2 aromatic heterocycles. The maximum atomic E-state index is 5.50. The number of methoxy groups -OCH3 is 1. The van der Waals surface area contributed by atoms with Crippen molar-refractivity contribution in [3.8, 4) is 0 Å². The molecule has 1 spiro atoms. The molecule has 0 aromatic carbocycles. The van der Waals surface area contributed by atoms with Crippen LogP contribution < -0.4 is 4.90 Å². The van der Waals surface area contributed by atoms with E-state index in [-0.39, 0.29) is 0 Å². The van der Waals surface area contributed by atoms with Gasteiger partial charge in [-0.1, -0.05) is 0 Å². The molecule has 0 amide bonds. The van der Waals surface area contributed by atoms with Crippen molar-refractivity contribution in [2.45, 2.75) is 31.8 Å². The second kappa shape index (κ2) is 7.40. The van der Waals surface area contributed by atoms with Crippen molar-refractivity contribution in [1.82, 2.24) is 14.9 Å². The van der Waals surface area contributed by atoms with E-state index in [1.54, 1.807) is 18.4 Å². The van der Waals surface area contributed by atoms with Gasteiger partial charge in [-0.05, 0) is 66.2 Å². The number of aromatic nitrogens is 2. The summed E-state index contributed by atoms with van der Waals surface area (Å²) >= 11 is 1.79. The highest BCUT2D eigenvalue weighted by molar-refractivity contribution is 7.07. The maximum Gasteiger partial charge on any atom is 0.225 e. The Morgan fingerprint density at radius 3 is 2.76 bits per heavy atom. The third kappa shape index (κ3) is 3.71. The first-order valence-electron chi connectivity index (χ1n) is 9.04. The van der Waals surface area contributed by atoms with Crippen LogP contribution in [-0.4, -0.2) is 54.3 Å². The number of anilines is 1. The molecule has 1 atom stereocenters. The number of rotatable bonds is 5. The minimum absolute atomic E-state index is 0.382. The van der Waals surface area contributed by atoms with Crippen LogP contribution in [0.4, 0.5) is 5.95 Å². The molecule has 134 valence electrons. The predicted molar refractivity (Wildman–Crippen MR) is 101 cm³/mol. The zero-order valence-electron chi connectivity index (χ0n) is 14.8. The molecular formula is C19H26N4OS. The molecule has 0 unspecified atom stereocenters. The topological polar surface area (TPSA) is 41.5 Å². The Balaban J connectivity index is 1.42. The molecule has 0 bridgehead atoms. The van der Waals surface area contributed by atoms with Crippen LogP contribution in [0.1, 0.15) is 24.8 Å². The van der Waals surface area contributed by atoms with Crippen molar-refractivity contribution in [3.63, 3.8) is 0 Å². The molecule has 0 radical (unpaired) electrons. The van der Waals surface area contributed by atoms with Crippen molar-refractivity contribution in [2.24, 2.45) is 5.41 Å². The third-order valence-corrected chi connectivity index (χ3v) is 6.42. The highest BCUT2D eigenvalue weighted by Crippen LogP contribution is 2.44. The van der Waals surface area contributed by atoms with Crippen molar-refractivity contribution >= 4 is 17.3 Å². The molecule has 0 saturated carbocycles.